The van der Waals surface area contributed by atoms with Gasteiger partial charge >= 0.3 is 12.1 Å². The zero-order valence-electron chi connectivity index (χ0n) is 10.0. The number of carboxylic acid groups (broad SMARTS) is 1. The van der Waals surface area contributed by atoms with Crippen LogP contribution >= 0.6 is 0 Å². The zero-order chi connectivity index (χ0) is 14.1. The Morgan fingerprint density at radius 2 is 2.00 bits per heavy atom. The summed E-state index contributed by atoms with van der Waals surface area (Å²) in [5.41, 5.74) is -0.970. The number of hydrogen-bond acceptors (Lipinski definition) is 4. The first-order valence-electron chi connectivity index (χ1n) is 5.92. The molecule has 0 aromatic carbocycles. The van der Waals surface area contributed by atoms with Crippen molar-refractivity contribution in [2.45, 2.75) is 44.7 Å². The van der Waals surface area contributed by atoms with E-state index in [4.69, 9.17) is 4.52 Å². The number of aromatic nitrogens is 2. The van der Waals surface area contributed by atoms with Crippen LogP contribution in [0.1, 0.15) is 37.4 Å². The summed E-state index contributed by atoms with van der Waals surface area (Å²) in [5.74, 6) is -1.45. The maximum Gasteiger partial charge on any atom is 0.396 e. The minimum Gasteiger partial charge on any atom is -0.481 e. The third kappa shape index (κ3) is 3.24. The maximum atomic E-state index is 12.1. The first-order chi connectivity index (χ1) is 8.81. The van der Waals surface area contributed by atoms with Gasteiger partial charge in [-0.2, -0.15) is 18.2 Å². The molecule has 0 amide bonds. The lowest BCUT2D eigenvalue weighted by atomic mass is 9.83. The Morgan fingerprint density at radius 3 is 2.53 bits per heavy atom. The quantitative estimate of drug-likeness (QED) is 0.914. The normalized spacial score (nSPS) is 18.7. The summed E-state index contributed by atoms with van der Waals surface area (Å²) < 4.78 is 41.2. The Morgan fingerprint density at radius 1 is 1.37 bits per heavy atom. The average Bonchev–Trinajstić information content (AvgIpc) is 2.87. The number of alkyl halides is 3. The predicted molar refractivity (Wildman–Crippen MR) is 56.3 cm³/mol. The Kier molecular flexibility index (Phi) is 3.51. The molecule has 1 heterocycles. The molecule has 106 valence electrons. The van der Waals surface area contributed by atoms with Crippen LogP contribution in [0.15, 0.2) is 4.52 Å². The van der Waals surface area contributed by atoms with Crippen molar-refractivity contribution in [3.63, 3.8) is 0 Å². The minimum absolute atomic E-state index is 0.00676. The molecule has 0 aliphatic heterocycles. The second-order valence-electron chi connectivity index (χ2n) is 4.87. The van der Waals surface area contributed by atoms with Gasteiger partial charge in [-0.05, 0) is 12.8 Å². The smallest absolute Gasteiger partial charge is 0.396 e. The molecular formula is C11H13F3N2O3. The first-order valence-corrected chi connectivity index (χ1v) is 5.92. The molecule has 5 nitrogen and oxygen atoms in total. The molecule has 1 saturated carbocycles. The van der Waals surface area contributed by atoms with Crippen LogP contribution in [0, 0.1) is 5.41 Å². The van der Waals surface area contributed by atoms with Crippen LogP contribution in [0.4, 0.5) is 13.2 Å². The van der Waals surface area contributed by atoms with Crippen molar-refractivity contribution in [2.75, 3.05) is 0 Å². The van der Waals surface area contributed by atoms with Crippen LogP contribution in [0.3, 0.4) is 0 Å². The van der Waals surface area contributed by atoms with Gasteiger partial charge in [0.15, 0.2) is 5.82 Å². The van der Waals surface area contributed by atoms with Gasteiger partial charge in [-0.1, -0.05) is 18.0 Å². The molecule has 1 aliphatic rings. The van der Waals surface area contributed by atoms with E-state index in [1.807, 2.05) is 0 Å². The molecule has 8 heteroatoms. The first kappa shape index (κ1) is 13.8. The fourth-order valence-corrected chi connectivity index (χ4v) is 2.42. The summed E-state index contributed by atoms with van der Waals surface area (Å²) in [6, 6.07) is 0. The van der Waals surface area contributed by atoms with E-state index in [1.165, 1.54) is 0 Å². The largest absolute Gasteiger partial charge is 0.481 e. The van der Waals surface area contributed by atoms with Crippen LogP contribution in [0.5, 0.6) is 0 Å². The summed E-state index contributed by atoms with van der Waals surface area (Å²) in [6.45, 7) is 0. The molecule has 0 radical (unpaired) electrons. The fourth-order valence-electron chi connectivity index (χ4n) is 2.42. The summed E-state index contributed by atoms with van der Waals surface area (Å²) in [5, 5.41) is 12.5. The van der Waals surface area contributed by atoms with E-state index in [-0.39, 0.29) is 12.3 Å². The fraction of sp³-hybridized carbons (Fsp3) is 0.727. The Balaban J connectivity index is 2.09. The van der Waals surface area contributed by atoms with Gasteiger partial charge in [-0.3, -0.25) is 4.79 Å². The van der Waals surface area contributed by atoms with E-state index in [9.17, 15) is 23.1 Å². The van der Waals surface area contributed by atoms with Gasteiger partial charge in [0.2, 0.25) is 5.89 Å². The molecule has 1 fully saturated rings. The highest BCUT2D eigenvalue weighted by atomic mass is 19.4. The molecule has 19 heavy (non-hydrogen) atoms. The second-order valence-corrected chi connectivity index (χ2v) is 4.87. The van der Waals surface area contributed by atoms with Gasteiger partial charge in [0.1, 0.15) is 6.42 Å². The minimum atomic E-state index is -4.40. The highest BCUT2D eigenvalue weighted by Gasteiger charge is 2.43. The lowest BCUT2D eigenvalue weighted by molar-refractivity contribution is -0.148. The van der Waals surface area contributed by atoms with E-state index in [2.05, 4.69) is 10.1 Å². The lowest BCUT2D eigenvalue weighted by Gasteiger charge is -2.21. The molecule has 0 bridgehead atoms. The van der Waals surface area contributed by atoms with E-state index >= 15 is 0 Å². The Hall–Kier alpha value is -1.60. The highest BCUT2D eigenvalue weighted by molar-refractivity contribution is 5.75. The van der Waals surface area contributed by atoms with Gasteiger partial charge in [-0.25, -0.2) is 0 Å². The van der Waals surface area contributed by atoms with Gasteiger partial charge in [-0.15, -0.1) is 0 Å². The van der Waals surface area contributed by atoms with Crippen molar-refractivity contribution >= 4 is 5.97 Å². The van der Waals surface area contributed by atoms with Crippen molar-refractivity contribution in [2.24, 2.45) is 5.41 Å². The summed E-state index contributed by atoms with van der Waals surface area (Å²) in [6.07, 6.45) is -3.13. The predicted octanol–water partition coefficient (Wildman–Crippen LogP) is 2.36. The van der Waals surface area contributed by atoms with Crippen molar-refractivity contribution in [1.82, 2.24) is 10.1 Å². The SMILES string of the molecule is O=C(O)C1(Cc2nc(CC(F)(F)F)no2)CCCC1. The zero-order valence-corrected chi connectivity index (χ0v) is 10.0. The molecule has 0 saturated heterocycles. The molecule has 1 aromatic heterocycles. The van der Waals surface area contributed by atoms with Crippen LogP contribution < -0.4 is 0 Å². The summed E-state index contributed by atoms with van der Waals surface area (Å²) in [7, 11) is 0. The molecule has 1 aliphatic carbocycles. The molecule has 0 spiro atoms. The molecule has 1 N–H and O–H groups in total. The third-order valence-corrected chi connectivity index (χ3v) is 3.37. The third-order valence-electron chi connectivity index (χ3n) is 3.37. The van der Waals surface area contributed by atoms with Gasteiger partial charge in [0.25, 0.3) is 0 Å². The van der Waals surface area contributed by atoms with Crippen molar-refractivity contribution in [1.29, 1.82) is 0 Å². The number of hydrogen-bond donors (Lipinski definition) is 1. The number of carboxylic acids is 1. The van der Waals surface area contributed by atoms with Crippen LogP contribution in [0.2, 0.25) is 0 Å². The monoisotopic (exact) mass is 278 g/mol. The second kappa shape index (κ2) is 4.82. The summed E-state index contributed by atoms with van der Waals surface area (Å²) in [4.78, 5) is 14.9. The molecular weight excluding hydrogens is 265 g/mol. The van der Waals surface area contributed by atoms with E-state index in [0.717, 1.165) is 12.8 Å². The highest BCUT2D eigenvalue weighted by Crippen LogP contribution is 2.41. The van der Waals surface area contributed by atoms with Crippen LogP contribution in [-0.2, 0) is 17.6 Å². The lowest BCUT2D eigenvalue weighted by Crippen LogP contribution is -2.30. The Bertz CT molecular complexity index is 464. The number of nitrogens with zero attached hydrogens (tertiary/aromatic N) is 2. The van der Waals surface area contributed by atoms with Crippen molar-refractivity contribution in [3.05, 3.63) is 11.7 Å². The van der Waals surface area contributed by atoms with Gasteiger partial charge in [0, 0.05) is 6.42 Å². The molecule has 2 rings (SSSR count). The van der Waals surface area contributed by atoms with Crippen molar-refractivity contribution in [3.8, 4) is 0 Å². The van der Waals surface area contributed by atoms with Crippen molar-refractivity contribution < 1.29 is 27.6 Å². The van der Waals surface area contributed by atoms with E-state index in [0.29, 0.717) is 12.8 Å². The number of aliphatic carboxylic acids is 1. The van der Waals surface area contributed by atoms with Crippen LogP contribution in [-0.4, -0.2) is 27.4 Å². The van der Waals surface area contributed by atoms with Gasteiger partial charge in [0.05, 0.1) is 5.41 Å². The van der Waals surface area contributed by atoms with Crippen LogP contribution in [0.25, 0.3) is 0 Å². The molecule has 0 unspecified atom stereocenters. The molecule has 1 aromatic rings. The van der Waals surface area contributed by atoms with E-state index < -0.39 is 29.8 Å². The molecule has 0 atom stereocenters. The number of halogens is 3. The van der Waals surface area contributed by atoms with E-state index in [1.54, 1.807) is 0 Å². The average molecular weight is 278 g/mol. The standard InChI is InChI=1S/C11H13F3N2O3/c12-11(13,14)5-7-15-8(19-16-7)6-10(9(17)18)3-1-2-4-10/h1-6H2,(H,17,18). The number of carbonyl (C=O) groups is 1. The summed E-state index contributed by atoms with van der Waals surface area (Å²) >= 11 is 0. The van der Waals surface area contributed by atoms with Gasteiger partial charge < -0.3 is 9.63 Å². The maximum absolute atomic E-state index is 12.1. The topological polar surface area (TPSA) is 76.2 Å². The Labute approximate surface area is 106 Å². The number of rotatable bonds is 4.